The maximum absolute atomic E-state index is 11.9. The van der Waals surface area contributed by atoms with Crippen molar-refractivity contribution in [2.45, 2.75) is 32.6 Å². The summed E-state index contributed by atoms with van der Waals surface area (Å²) in [7, 11) is 1.72. The van der Waals surface area contributed by atoms with Crippen LogP contribution in [0.2, 0.25) is 0 Å². The maximum atomic E-state index is 11.9. The number of piperidine rings is 1. The topological polar surface area (TPSA) is 50.4 Å². The zero-order valence-corrected chi connectivity index (χ0v) is 11.1. The first-order chi connectivity index (χ1) is 8.24. The van der Waals surface area contributed by atoms with Crippen LogP contribution in [0.1, 0.15) is 32.6 Å². The van der Waals surface area contributed by atoms with Crippen molar-refractivity contribution in [1.29, 1.82) is 0 Å². The van der Waals surface area contributed by atoms with Crippen molar-refractivity contribution in [1.82, 2.24) is 10.6 Å². The number of carbonyl (C=O) groups is 1. The smallest absolute Gasteiger partial charge is 0.224 e. The van der Waals surface area contributed by atoms with E-state index in [0.717, 1.165) is 51.9 Å². The number of nitrogens with one attached hydrogen (secondary N) is 2. The molecule has 1 saturated heterocycles. The molecule has 1 heterocycles. The van der Waals surface area contributed by atoms with Gasteiger partial charge in [0, 0.05) is 26.8 Å². The Morgan fingerprint density at radius 2 is 2.18 bits per heavy atom. The highest BCUT2D eigenvalue weighted by Crippen LogP contribution is 2.15. The Balaban J connectivity index is 2.04. The van der Waals surface area contributed by atoms with E-state index < -0.39 is 0 Å². The minimum absolute atomic E-state index is 0.165. The molecule has 0 aliphatic carbocycles. The summed E-state index contributed by atoms with van der Waals surface area (Å²) in [6, 6.07) is 0. The van der Waals surface area contributed by atoms with Gasteiger partial charge in [0.05, 0.1) is 5.92 Å². The van der Waals surface area contributed by atoms with Crippen molar-refractivity contribution in [3.05, 3.63) is 0 Å². The van der Waals surface area contributed by atoms with Crippen molar-refractivity contribution in [3.8, 4) is 0 Å². The van der Waals surface area contributed by atoms with E-state index in [1.54, 1.807) is 7.11 Å². The van der Waals surface area contributed by atoms with E-state index in [1.165, 1.54) is 0 Å². The summed E-state index contributed by atoms with van der Waals surface area (Å²) in [4.78, 5) is 11.9. The summed E-state index contributed by atoms with van der Waals surface area (Å²) in [5, 5.41) is 6.34. The monoisotopic (exact) mass is 242 g/mol. The van der Waals surface area contributed by atoms with Crippen molar-refractivity contribution < 1.29 is 9.53 Å². The quantitative estimate of drug-likeness (QED) is 0.659. The van der Waals surface area contributed by atoms with Crippen LogP contribution >= 0.6 is 0 Å². The number of amides is 1. The van der Waals surface area contributed by atoms with E-state index in [9.17, 15) is 4.79 Å². The molecule has 2 atom stereocenters. The number of ether oxygens (including phenoxy) is 1. The molecule has 17 heavy (non-hydrogen) atoms. The minimum atomic E-state index is 0.165. The summed E-state index contributed by atoms with van der Waals surface area (Å²) in [5.74, 6) is 0.995. The highest BCUT2D eigenvalue weighted by atomic mass is 16.5. The first-order valence-electron chi connectivity index (χ1n) is 6.71. The molecular formula is C13H26N2O2. The summed E-state index contributed by atoms with van der Waals surface area (Å²) < 4.78 is 4.98. The van der Waals surface area contributed by atoms with Gasteiger partial charge < -0.3 is 15.4 Å². The van der Waals surface area contributed by atoms with Crippen LogP contribution < -0.4 is 10.6 Å². The van der Waals surface area contributed by atoms with Crippen LogP contribution in [0.25, 0.3) is 0 Å². The Morgan fingerprint density at radius 1 is 1.35 bits per heavy atom. The molecule has 0 radical (unpaired) electrons. The van der Waals surface area contributed by atoms with E-state index in [-0.39, 0.29) is 11.8 Å². The molecule has 0 bridgehead atoms. The van der Waals surface area contributed by atoms with Crippen molar-refractivity contribution in [2.75, 3.05) is 33.4 Å². The van der Waals surface area contributed by atoms with Crippen LogP contribution in [-0.4, -0.2) is 39.3 Å². The van der Waals surface area contributed by atoms with Crippen LogP contribution in [0, 0.1) is 11.8 Å². The Kier molecular flexibility index (Phi) is 7.21. The van der Waals surface area contributed by atoms with Crippen LogP contribution in [0.15, 0.2) is 0 Å². The second-order valence-corrected chi connectivity index (χ2v) is 5.04. The maximum Gasteiger partial charge on any atom is 0.224 e. The lowest BCUT2D eigenvalue weighted by molar-refractivity contribution is -0.125. The SMILES string of the molecule is COCCCCCNC(=O)C1CNCC(C)C1. The standard InChI is InChI=1S/C13H26N2O2/c1-11-8-12(10-14-9-11)13(16)15-6-4-3-5-7-17-2/h11-12,14H,3-10H2,1-2H3,(H,15,16). The number of carbonyl (C=O) groups excluding carboxylic acids is 1. The molecule has 0 aromatic rings. The predicted octanol–water partition coefficient (Wildman–Crippen LogP) is 1.16. The zero-order chi connectivity index (χ0) is 12.5. The molecule has 1 amide bonds. The van der Waals surface area contributed by atoms with Crippen molar-refractivity contribution >= 4 is 5.91 Å². The molecule has 1 rings (SSSR count). The Bertz CT molecular complexity index is 221. The lowest BCUT2D eigenvalue weighted by Gasteiger charge is -2.26. The third-order valence-corrected chi connectivity index (χ3v) is 3.27. The van der Waals surface area contributed by atoms with E-state index in [4.69, 9.17) is 4.74 Å². The fourth-order valence-electron chi connectivity index (χ4n) is 2.26. The number of unbranched alkanes of at least 4 members (excludes halogenated alkanes) is 2. The van der Waals surface area contributed by atoms with Gasteiger partial charge in [-0.2, -0.15) is 0 Å². The first kappa shape index (κ1) is 14.5. The highest BCUT2D eigenvalue weighted by molar-refractivity contribution is 5.78. The summed E-state index contributed by atoms with van der Waals surface area (Å²) >= 11 is 0. The second kappa shape index (κ2) is 8.48. The normalized spacial score (nSPS) is 24.6. The third-order valence-electron chi connectivity index (χ3n) is 3.27. The van der Waals surface area contributed by atoms with Crippen LogP contribution in [0.4, 0.5) is 0 Å². The highest BCUT2D eigenvalue weighted by Gasteiger charge is 2.24. The van der Waals surface area contributed by atoms with Gasteiger partial charge in [-0.3, -0.25) is 4.79 Å². The predicted molar refractivity (Wildman–Crippen MR) is 68.9 cm³/mol. The lowest BCUT2D eigenvalue weighted by Crippen LogP contribution is -2.43. The molecule has 2 unspecified atom stereocenters. The molecule has 2 N–H and O–H groups in total. The molecule has 4 nitrogen and oxygen atoms in total. The van der Waals surface area contributed by atoms with E-state index >= 15 is 0 Å². The van der Waals surface area contributed by atoms with Crippen LogP contribution in [0.3, 0.4) is 0 Å². The molecule has 0 aromatic carbocycles. The molecule has 0 spiro atoms. The molecule has 0 saturated carbocycles. The largest absolute Gasteiger partial charge is 0.385 e. The van der Waals surface area contributed by atoms with Crippen molar-refractivity contribution in [3.63, 3.8) is 0 Å². The molecule has 1 aliphatic rings. The van der Waals surface area contributed by atoms with Crippen LogP contribution in [-0.2, 0) is 9.53 Å². The average Bonchev–Trinajstić information content (AvgIpc) is 2.33. The fourth-order valence-corrected chi connectivity index (χ4v) is 2.26. The molecule has 1 aliphatic heterocycles. The Hall–Kier alpha value is -0.610. The first-order valence-corrected chi connectivity index (χ1v) is 6.71. The van der Waals surface area contributed by atoms with Gasteiger partial charge in [-0.05, 0) is 38.1 Å². The number of hydrogen-bond donors (Lipinski definition) is 2. The van der Waals surface area contributed by atoms with Gasteiger partial charge in [0.15, 0.2) is 0 Å². The lowest BCUT2D eigenvalue weighted by atomic mass is 9.91. The second-order valence-electron chi connectivity index (χ2n) is 5.04. The van der Waals surface area contributed by atoms with E-state index in [0.29, 0.717) is 5.92 Å². The van der Waals surface area contributed by atoms with E-state index in [1.807, 2.05) is 0 Å². The van der Waals surface area contributed by atoms with Gasteiger partial charge in [-0.25, -0.2) is 0 Å². The molecule has 0 aromatic heterocycles. The molecule has 4 heteroatoms. The zero-order valence-electron chi connectivity index (χ0n) is 11.1. The van der Waals surface area contributed by atoms with Gasteiger partial charge >= 0.3 is 0 Å². The molecule has 1 fully saturated rings. The van der Waals surface area contributed by atoms with Gasteiger partial charge in [-0.1, -0.05) is 6.92 Å². The van der Waals surface area contributed by atoms with E-state index in [2.05, 4.69) is 17.6 Å². The van der Waals surface area contributed by atoms with Gasteiger partial charge in [0.1, 0.15) is 0 Å². The fraction of sp³-hybridized carbons (Fsp3) is 0.923. The summed E-state index contributed by atoms with van der Waals surface area (Å²) in [5.41, 5.74) is 0. The molecule has 100 valence electrons. The average molecular weight is 242 g/mol. The Labute approximate surface area is 104 Å². The summed E-state index contributed by atoms with van der Waals surface area (Å²) in [6.07, 6.45) is 4.26. The van der Waals surface area contributed by atoms with Gasteiger partial charge in [0.2, 0.25) is 5.91 Å². The Morgan fingerprint density at radius 3 is 2.88 bits per heavy atom. The summed E-state index contributed by atoms with van der Waals surface area (Å²) in [6.45, 7) is 5.68. The number of hydrogen-bond acceptors (Lipinski definition) is 3. The number of rotatable bonds is 7. The number of methoxy groups -OCH3 is 1. The van der Waals surface area contributed by atoms with Gasteiger partial charge in [0.25, 0.3) is 0 Å². The van der Waals surface area contributed by atoms with Gasteiger partial charge in [-0.15, -0.1) is 0 Å². The minimum Gasteiger partial charge on any atom is -0.385 e. The molecular weight excluding hydrogens is 216 g/mol. The van der Waals surface area contributed by atoms with Crippen LogP contribution in [0.5, 0.6) is 0 Å². The third kappa shape index (κ3) is 6.03. The van der Waals surface area contributed by atoms with Crippen molar-refractivity contribution in [2.24, 2.45) is 11.8 Å².